The monoisotopic (exact) mass is 1200 g/mol. The molecule has 2 unspecified atom stereocenters. The van der Waals surface area contributed by atoms with Crippen molar-refractivity contribution < 1.29 is 47.2 Å². The number of anilines is 1. The van der Waals surface area contributed by atoms with E-state index in [1.807, 2.05) is 58.9 Å². The van der Waals surface area contributed by atoms with Crippen LogP contribution in [0.15, 0.2) is 97.2 Å². The van der Waals surface area contributed by atoms with Gasteiger partial charge in [-0.2, -0.15) is 9.97 Å². The zero-order chi connectivity index (χ0) is 61.3. The third-order valence-corrected chi connectivity index (χ3v) is 19.3. The average molecular weight is 1200 g/mol. The van der Waals surface area contributed by atoms with Gasteiger partial charge in [0.15, 0.2) is 5.82 Å². The number of aliphatic hydroxyl groups excluding tert-OH is 1. The first kappa shape index (κ1) is 59.1. The molecular formula is C69H76F3N9O7. The summed E-state index contributed by atoms with van der Waals surface area (Å²) in [7, 11) is 0. The van der Waals surface area contributed by atoms with Gasteiger partial charge in [-0.25, -0.2) is 13.2 Å². The van der Waals surface area contributed by atoms with Gasteiger partial charge >= 0.3 is 6.01 Å². The topological polar surface area (TPSA) is 186 Å². The first-order valence-electron chi connectivity index (χ1n) is 31.2. The Kier molecular flexibility index (Phi) is 15.8. The summed E-state index contributed by atoms with van der Waals surface area (Å²) in [6.45, 7) is 14.2. The molecule has 3 amide bonds. The number of likely N-dealkylation sites (tertiary alicyclic amines) is 2. The highest BCUT2D eigenvalue weighted by Gasteiger charge is 2.50. The molecule has 4 saturated heterocycles. The Labute approximate surface area is 510 Å². The molecule has 5 aromatic carbocycles. The Morgan fingerprint density at radius 1 is 0.864 bits per heavy atom. The molecule has 2 aromatic heterocycles. The van der Waals surface area contributed by atoms with Crippen molar-refractivity contribution in [3.63, 3.8) is 0 Å². The summed E-state index contributed by atoms with van der Waals surface area (Å²) in [5.41, 5.74) is 2.96. The van der Waals surface area contributed by atoms with Crippen molar-refractivity contribution in [2.75, 3.05) is 57.4 Å². The fourth-order valence-electron chi connectivity index (χ4n) is 14.4. The van der Waals surface area contributed by atoms with Gasteiger partial charge < -0.3 is 49.9 Å². The maximum Gasteiger partial charge on any atom is 0.319 e. The van der Waals surface area contributed by atoms with Crippen LogP contribution in [-0.4, -0.2) is 140 Å². The number of aliphatic hydroxyl groups is 1. The fourth-order valence-corrected chi connectivity index (χ4v) is 14.4. The smallest absolute Gasteiger partial charge is 0.319 e. The summed E-state index contributed by atoms with van der Waals surface area (Å²) in [6, 6.07) is 23.4. The Bertz CT molecular complexity index is 3840. The first-order chi connectivity index (χ1) is 42.3. The molecule has 6 atom stereocenters. The van der Waals surface area contributed by atoms with Gasteiger partial charge in [-0.15, -0.1) is 0 Å². The number of rotatable bonds is 17. The van der Waals surface area contributed by atoms with Crippen LogP contribution in [0.25, 0.3) is 44.1 Å². The van der Waals surface area contributed by atoms with E-state index in [2.05, 4.69) is 25.4 Å². The van der Waals surface area contributed by atoms with Crippen LogP contribution in [0.3, 0.4) is 0 Å². The lowest BCUT2D eigenvalue weighted by atomic mass is 9.84. The lowest BCUT2D eigenvalue weighted by Gasteiger charge is -2.40. The van der Waals surface area contributed by atoms with E-state index in [-0.39, 0.29) is 83.2 Å². The Hall–Kier alpha value is -7.87. The standard InChI is InChI=1S/C69H76F3N9O7/c1-6-48-55(71)21-18-43-28-46(82)29-51(58(43)48)60-59(72)61-52(31-73-60)63(79-32-44-19-20-45(33-79)75-44)77-67(76-61)88-38-69(24-25-69)37-78-26-22-40(23-27-78)36-87-57-13-9-11-50-53(57)35-81(65(50)85)62(68(3,4)5)66(86)80-34-47(83)30-56(80)64(84)74-39(2)41-14-16-42(17-15-41)49-10-7-8-12-54(49)70/h7-18,21,28-29,31,39-40,44-45,47,56,62,75,82-83H,6,19-20,22-27,30,32-38H2,1-5H3,(H,74,84)/t39-,44?,45?,47+,56-,62+/m0/s1. The minimum atomic E-state index is -0.969. The second-order valence-corrected chi connectivity index (χ2v) is 26.6. The number of nitrogens with zero attached hydrogens (tertiary/aromatic N) is 7. The van der Waals surface area contributed by atoms with Gasteiger partial charge in [-0.1, -0.05) is 82.3 Å². The number of hydrogen-bond acceptors (Lipinski definition) is 13. The Morgan fingerprint density at radius 2 is 1.60 bits per heavy atom. The van der Waals surface area contributed by atoms with Gasteiger partial charge in [-0.3, -0.25) is 19.4 Å². The van der Waals surface area contributed by atoms with Crippen molar-refractivity contribution in [1.29, 1.82) is 0 Å². The highest BCUT2D eigenvalue weighted by atomic mass is 19.1. The molecule has 88 heavy (non-hydrogen) atoms. The number of piperazine rings is 1. The van der Waals surface area contributed by atoms with E-state index in [4.69, 9.17) is 19.4 Å². The van der Waals surface area contributed by atoms with E-state index < -0.39 is 53.1 Å². The summed E-state index contributed by atoms with van der Waals surface area (Å²) in [6.07, 6.45) is 6.86. The van der Waals surface area contributed by atoms with E-state index in [1.54, 1.807) is 59.6 Å². The number of benzene rings is 5. The van der Waals surface area contributed by atoms with Crippen LogP contribution in [0, 0.1) is 34.2 Å². The van der Waals surface area contributed by atoms with E-state index in [1.165, 1.54) is 23.1 Å². The number of carbonyl (C=O) groups is 3. The number of piperidine rings is 1. The van der Waals surface area contributed by atoms with E-state index in [0.29, 0.717) is 88.3 Å². The number of aryl methyl sites for hydroxylation is 1. The largest absolute Gasteiger partial charge is 0.508 e. The number of aromatic hydroxyl groups is 1. The number of carbonyl (C=O) groups excluding carboxylic acids is 3. The van der Waals surface area contributed by atoms with Gasteiger partial charge in [0.05, 0.1) is 37.3 Å². The molecule has 1 aliphatic carbocycles. The predicted octanol–water partition coefficient (Wildman–Crippen LogP) is 10.3. The van der Waals surface area contributed by atoms with Gasteiger partial charge in [0, 0.05) is 78.5 Å². The number of fused-ring (bicyclic) bond motifs is 5. The summed E-state index contributed by atoms with van der Waals surface area (Å²) >= 11 is 0. The molecule has 13 rings (SSSR count). The maximum absolute atomic E-state index is 17.3. The molecule has 7 heterocycles. The summed E-state index contributed by atoms with van der Waals surface area (Å²) < 4.78 is 60.3. The maximum atomic E-state index is 17.3. The van der Waals surface area contributed by atoms with Crippen molar-refractivity contribution in [3.05, 3.63) is 137 Å². The van der Waals surface area contributed by atoms with Crippen LogP contribution in [0.4, 0.5) is 19.0 Å². The molecule has 4 N–H and O–H groups in total. The molecule has 1 saturated carbocycles. The number of nitrogens with one attached hydrogen (secondary N) is 2. The van der Waals surface area contributed by atoms with E-state index in [0.717, 1.165) is 63.7 Å². The number of amides is 3. The van der Waals surface area contributed by atoms with Crippen LogP contribution >= 0.6 is 0 Å². The van der Waals surface area contributed by atoms with Crippen molar-refractivity contribution in [2.24, 2.45) is 16.7 Å². The van der Waals surface area contributed by atoms with Crippen LogP contribution < -0.4 is 25.0 Å². The van der Waals surface area contributed by atoms with Gasteiger partial charge in [-0.05, 0) is 140 Å². The molecule has 460 valence electrons. The third-order valence-electron chi connectivity index (χ3n) is 19.3. The van der Waals surface area contributed by atoms with Crippen LogP contribution in [0.1, 0.15) is 113 Å². The van der Waals surface area contributed by atoms with Crippen molar-refractivity contribution in [1.82, 2.24) is 40.3 Å². The van der Waals surface area contributed by atoms with Gasteiger partial charge in [0.25, 0.3) is 5.91 Å². The SMILES string of the molecule is CCc1c(F)ccc2cc(O)cc(-c3ncc4c(N5CC6CCC(C5)N6)nc(OCC5(CN6CCC(COc7cccc8c7CN([C@H](C(=O)N7C[C@H](O)C[C@H]7C(=O)N[C@@H](C)c7ccc(-c9ccccc9F)cc7)C(C)(C)C)C8=O)CC6)CC5)nc4c3F)c12. The number of phenols is 1. The minimum absolute atomic E-state index is 0.0417. The van der Waals surface area contributed by atoms with Gasteiger partial charge in [0.1, 0.15) is 52.2 Å². The lowest BCUT2D eigenvalue weighted by Crippen LogP contribution is -2.58. The minimum Gasteiger partial charge on any atom is -0.508 e. The highest BCUT2D eigenvalue weighted by molar-refractivity contribution is 6.03. The number of ether oxygens (including phenoxy) is 2. The van der Waals surface area contributed by atoms with Crippen LogP contribution in [-0.2, 0) is 22.6 Å². The predicted molar refractivity (Wildman–Crippen MR) is 329 cm³/mol. The quantitative estimate of drug-likeness (QED) is 0.0676. The number of β-amino-alcohol motifs (C(OH)–C–C–N with tert-alkyl or cyclic N) is 1. The Morgan fingerprint density at radius 3 is 2.32 bits per heavy atom. The van der Waals surface area contributed by atoms with Crippen LogP contribution in [0.5, 0.6) is 17.5 Å². The number of hydrogen-bond donors (Lipinski definition) is 4. The number of halogens is 3. The molecule has 5 fully saturated rings. The second-order valence-electron chi connectivity index (χ2n) is 26.6. The average Bonchev–Trinajstić information content (AvgIpc) is 1.33. The Balaban J connectivity index is 0.647. The first-order valence-corrected chi connectivity index (χ1v) is 31.2. The number of aromatic nitrogens is 3. The fraction of sp³-hybridized carbons (Fsp3) is 0.449. The van der Waals surface area contributed by atoms with Crippen molar-refractivity contribution in [2.45, 2.75) is 129 Å². The number of pyridine rings is 1. The zero-order valence-electron chi connectivity index (χ0n) is 50.5. The summed E-state index contributed by atoms with van der Waals surface area (Å²) in [5, 5.41) is 30.0. The van der Waals surface area contributed by atoms with E-state index >= 15 is 8.78 Å². The summed E-state index contributed by atoms with van der Waals surface area (Å²) in [4.78, 5) is 65.5. The third kappa shape index (κ3) is 11.5. The number of phenolic OH excluding ortho intramolecular Hbond substituents is 1. The molecule has 16 nitrogen and oxygen atoms in total. The molecule has 19 heteroatoms. The van der Waals surface area contributed by atoms with Crippen LogP contribution in [0.2, 0.25) is 0 Å². The lowest BCUT2D eigenvalue weighted by molar-refractivity contribution is -0.145. The molecule has 2 bridgehead atoms. The highest BCUT2D eigenvalue weighted by Crippen LogP contribution is 2.48. The second kappa shape index (κ2) is 23.6. The normalized spacial score (nSPS) is 21.7. The molecule has 0 spiro atoms. The molecular weight excluding hydrogens is 1120 g/mol. The molecule has 7 aromatic rings. The summed E-state index contributed by atoms with van der Waals surface area (Å²) in [5.74, 6) is -1.24. The molecule has 6 aliphatic rings. The van der Waals surface area contributed by atoms with Crippen molar-refractivity contribution >= 4 is 45.2 Å². The zero-order valence-corrected chi connectivity index (χ0v) is 50.5. The van der Waals surface area contributed by atoms with Crippen molar-refractivity contribution in [3.8, 4) is 39.9 Å². The molecule has 5 aliphatic heterocycles. The van der Waals surface area contributed by atoms with E-state index in [9.17, 15) is 29.0 Å². The van der Waals surface area contributed by atoms with Gasteiger partial charge in [0.2, 0.25) is 11.8 Å². The molecule has 0 radical (unpaired) electrons.